The summed E-state index contributed by atoms with van der Waals surface area (Å²) >= 11 is 0. The first-order valence-electron chi connectivity index (χ1n) is 8.40. The maximum Gasteiger partial charge on any atom is 0.122 e. The summed E-state index contributed by atoms with van der Waals surface area (Å²) in [5, 5.41) is 13.4. The summed E-state index contributed by atoms with van der Waals surface area (Å²) in [7, 11) is 0. The molecule has 2 fully saturated rings. The van der Waals surface area contributed by atoms with E-state index in [1.165, 1.54) is 38.6 Å². The number of nitrogens with one attached hydrogen (secondary N) is 1. The van der Waals surface area contributed by atoms with Gasteiger partial charge in [-0.05, 0) is 63.8 Å². The van der Waals surface area contributed by atoms with Gasteiger partial charge in [0.1, 0.15) is 5.54 Å². The Hall–Kier alpha value is -0.590. The molecule has 1 unspecified atom stereocenters. The van der Waals surface area contributed by atoms with Crippen LogP contribution in [-0.2, 0) is 0 Å². The Balaban J connectivity index is 2.04. The van der Waals surface area contributed by atoms with Crippen molar-refractivity contribution >= 4 is 0 Å². The van der Waals surface area contributed by atoms with Crippen LogP contribution < -0.4 is 5.32 Å². The molecule has 0 aromatic carbocycles. The molecule has 1 saturated heterocycles. The lowest BCUT2D eigenvalue weighted by Crippen LogP contribution is -2.56. The molecule has 0 amide bonds. The average molecular weight is 277 g/mol. The molecule has 3 heteroatoms. The van der Waals surface area contributed by atoms with E-state index in [9.17, 15) is 5.26 Å². The van der Waals surface area contributed by atoms with Gasteiger partial charge in [0.2, 0.25) is 0 Å². The fourth-order valence-electron chi connectivity index (χ4n) is 3.89. The van der Waals surface area contributed by atoms with E-state index < -0.39 is 0 Å². The fraction of sp³-hybridized carbons (Fsp3) is 0.941. The zero-order valence-corrected chi connectivity index (χ0v) is 13.7. The lowest BCUT2D eigenvalue weighted by Gasteiger charge is -2.35. The molecule has 0 radical (unpaired) electrons. The van der Waals surface area contributed by atoms with Crippen molar-refractivity contribution in [2.24, 2.45) is 11.3 Å². The van der Waals surface area contributed by atoms with E-state index in [4.69, 9.17) is 0 Å². The van der Waals surface area contributed by atoms with Crippen molar-refractivity contribution in [3.63, 3.8) is 0 Å². The SMILES string of the molecule is CCC1(CC)CCN(CC(C#N)(NC(C)C)C2CC2)C1. The molecule has 3 nitrogen and oxygen atoms in total. The van der Waals surface area contributed by atoms with Crippen LogP contribution in [0.15, 0.2) is 0 Å². The number of hydrogen-bond donors (Lipinski definition) is 1. The van der Waals surface area contributed by atoms with Crippen LogP contribution in [0.5, 0.6) is 0 Å². The van der Waals surface area contributed by atoms with Crippen molar-refractivity contribution in [2.75, 3.05) is 19.6 Å². The molecule has 2 rings (SSSR count). The highest BCUT2D eigenvalue weighted by molar-refractivity contribution is 5.17. The van der Waals surface area contributed by atoms with Gasteiger partial charge in [0.25, 0.3) is 0 Å². The third kappa shape index (κ3) is 3.18. The summed E-state index contributed by atoms with van der Waals surface area (Å²) in [4.78, 5) is 2.55. The van der Waals surface area contributed by atoms with E-state index >= 15 is 0 Å². The quantitative estimate of drug-likeness (QED) is 0.777. The van der Waals surface area contributed by atoms with Crippen LogP contribution in [0.1, 0.15) is 59.8 Å². The first kappa shape index (κ1) is 15.8. The summed E-state index contributed by atoms with van der Waals surface area (Å²) in [6.45, 7) is 12.2. The second kappa shape index (κ2) is 6.03. The third-order valence-electron chi connectivity index (χ3n) is 5.51. The lowest BCUT2D eigenvalue weighted by atomic mass is 9.82. The van der Waals surface area contributed by atoms with Crippen LogP contribution in [-0.4, -0.2) is 36.1 Å². The van der Waals surface area contributed by atoms with Gasteiger partial charge in [0.15, 0.2) is 0 Å². The van der Waals surface area contributed by atoms with Gasteiger partial charge < -0.3 is 0 Å². The maximum absolute atomic E-state index is 9.80. The first-order valence-corrected chi connectivity index (χ1v) is 8.40. The largest absolute Gasteiger partial charge is 0.300 e. The van der Waals surface area contributed by atoms with Gasteiger partial charge in [0, 0.05) is 19.1 Å². The van der Waals surface area contributed by atoms with Crippen LogP contribution in [0, 0.1) is 22.7 Å². The summed E-state index contributed by atoms with van der Waals surface area (Å²) in [6, 6.07) is 3.02. The predicted octanol–water partition coefficient (Wildman–Crippen LogP) is 3.17. The van der Waals surface area contributed by atoms with E-state index in [-0.39, 0.29) is 5.54 Å². The van der Waals surface area contributed by atoms with Crippen LogP contribution in [0.25, 0.3) is 0 Å². The standard InChI is InChI=1S/C17H31N3/c1-5-16(6-2)9-10-20(12-16)13-17(11-18,15-7-8-15)19-14(3)4/h14-15,19H,5-10,12-13H2,1-4H3. The van der Waals surface area contributed by atoms with E-state index in [0.29, 0.717) is 17.4 Å². The smallest absolute Gasteiger partial charge is 0.122 e. The minimum atomic E-state index is -0.314. The van der Waals surface area contributed by atoms with E-state index in [2.05, 4.69) is 44.0 Å². The molecule has 1 saturated carbocycles. The highest BCUT2D eigenvalue weighted by Crippen LogP contribution is 2.43. The van der Waals surface area contributed by atoms with Gasteiger partial charge in [0.05, 0.1) is 6.07 Å². The summed E-state index contributed by atoms with van der Waals surface area (Å²) in [6.07, 6.45) is 6.26. The molecule has 2 aliphatic rings. The lowest BCUT2D eigenvalue weighted by molar-refractivity contribution is 0.187. The maximum atomic E-state index is 9.80. The topological polar surface area (TPSA) is 39.1 Å². The molecule has 0 spiro atoms. The van der Waals surface area contributed by atoms with Crippen molar-refractivity contribution in [3.05, 3.63) is 0 Å². The van der Waals surface area contributed by atoms with Gasteiger partial charge in [-0.15, -0.1) is 0 Å². The highest BCUT2D eigenvalue weighted by atomic mass is 15.2. The van der Waals surface area contributed by atoms with Gasteiger partial charge in [-0.3, -0.25) is 10.2 Å². The molecule has 1 aliphatic carbocycles. The van der Waals surface area contributed by atoms with Crippen molar-refractivity contribution in [2.45, 2.75) is 71.4 Å². The number of hydrogen-bond acceptors (Lipinski definition) is 3. The molecule has 1 N–H and O–H groups in total. The normalized spacial score (nSPS) is 25.6. The molecule has 0 aromatic heterocycles. The molecule has 0 aromatic rings. The molecular formula is C17H31N3. The summed E-state index contributed by atoms with van der Waals surface area (Å²) in [5.41, 5.74) is 0.189. The summed E-state index contributed by atoms with van der Waals surface area (Å²) in [5.74, 6) is 0.563. The van der Waals surface area contributed by atoms with E-state index in [0.717, 1.165) is 13.1 Å². The Morgan fingerprint density at radius 1 is 1.35 bits per heavy atom. The second-order valence-corrected chi connectivity index (χ2v) is 7.32. The Kier molecular flexibility index (Phi) is 4.76. The van der Waals surface area contributed by atoms with Crippen molar-refractivity contribution in [1.29, 1.82) is 5.26 Å². The third-order valence-corrected chi connectivity index (χ3v) is 5.51. The Labute approximate surface area is 124 Å². The zero-order valence-electron chi connectivity index (χ0n) is 13.7. The molecule has 1 aliphatic heterocycles. The van der Waals surface area contributed by atoms with Crippen LogP contribution in [0.4, 0.5) is 0 Å². The first-order chi connectivity index (χ1) is 9.49. The van der Waals surface area contributed by atoms with E-state index in [1.807, 2.05) is 0 Å². The Bertz CT molecular complexity index is 363. The van der Waals surface area contributed by atoms with Crippen molar-refractivity contribution < 1.29 is 0 Å². The van der Waals surface area contributed by atoms with Gasteiger partial charge in [-0.1, -0.05) is 13.8 Å². The highest BCUT2D eigenvalue weighted by Gasteiger charge is 2.48. The molecule has 1 heterocycles. The Morgan fingerprint density at radius 3 is 2.40 bits per heavy atom. The number of nitriles is 1. The number of nitrogens with zero attached hydrogens (tertiary/aromatic N) is 2. The molecule has 0 bridgehead atoms. The van der Waals surface area contributed by atoms with Crippen molar-refractivity contribution in [1.82, 2.24) is 10.2 Å². The number of likely N-dealkylation sites (tertiary alicyclic amines) is 1. The summed E-state index contributed by atoms with van der Waals surface area (Å²) < 4.78 is 0. The van der Waals surface area contributed by atoms with Crippen molar-refractivity contribution in [3.8, 4) is 6.07 Å². The second-order valence-electron chi connectivity index (χ2n) is 7.32. The van der Waals surface area contributed by atoms with E-state index in [1.54, 1.807) is 0 Å². The predicted molar refractivity (Wildman–Crippen MR) is 83.4 cm³/mol. The van der Waals surface area contributed by atoms with Crippen LogP contribution in [0.2, 0.25) is 0 Å². The average Bonchev–Trinajstić information content (AvgIpc) is 3.21. The van der Waals surface area contributed by atoms with Crippen LogP contribution in [0.3, 0.4) is 0 Å². The molecule has 20 heavy (non-hydrogen) atoms. The monoisotopic (exact) mass is 277 g/mol. The zero-order chi connectivity index (χ0) is 14.8. The van der Waals surface area contributed by atoms with Gasteiger partial charge in [-0.25, -0.2) is 0 Å². The Morgan fingerprint density at radius 2 is 2.00 bits per heavy atom. The molecule has 1 atom stereocenters. The minimum absolute atomic E-state index is 0.314. The fourth-order valence-corrected chi connectivity index (χ4v) is 3.89. The molecular weight excluding hydrogens is 246 g/mol. The molecule has 114 valence electrons. The van der Waals surface area contributed by atoms with Gasteiger partial charge in [-0.2, -0.15) is 5.26 Å². The number of rotatable bonds is 7. The van der Waals surface area contributed by atoms with Gasteiger partial charge >= 0.3 is 0 Å². The van der Waals surface area contributed by atoms with Crippen LogP contribution >= 0.6 is 0 Å². The minimum Gasteiger partial charge on any atom is -0.300 e.